The highest BCUT2D eigenvalue weighted by molar-refractivity contribution is 6.26. The molecule has 0 aromatic heterocycles. The van der Waals surface area contributed by atoms with Crippen molar-refractivity contribution in [3.8, 4) is 0 Å². The van der Waals surface area contributed by atoms with E-state index in [0.29, 0.717) is 12.0 Å². The number of allylic oxidation sites excluding steroid dienone is 2. The summed E-state index contributed by atoms with van der Waals surface area (Å²) in [6, 6.07) is 4.11. The second kappa shape index (κ2) is 4.80. The van der Waals surface area contributed by atoms with Crippen molar-refractivity contribution in [2.75, 3.05) is 0 Å². The molecule has 0 saturated heterocycles. The Morgan fingerprint density at radius 1 is 1.00 bits per heavy atom. The number of aryl methyl sites for hydroxylation is 3. The lowest BCUT2D eigenvalue weighted by Crippen LogP contribution is -2.46. The molecule has 3 nitrogen and oxygen atoms in total. The molecular formula is C20H22O3. The summed E-state index contributed by atoms with van der Waals surface area (Å²) in [6.45, 7) is 6.02. The van der Waals surface area contributed by atoms with Crippen LogP contribution >= 0.6 is 0 Å². The number of rotatable bonds is 1. The number of benzene rings is 1. The minimum absolute atomic E-state index is 0.0600. The Kier molecular flexibility index (Phi) is 3.06. The molecule has 0 unspecified atom stereocenters. The number of hydrogen-bond acceptors (Lipinski definition) is 3. The van der Waals surface area contributed by atoms with Crippen molar-refractivity contribution >= 4 is 17.1 Å². The van der Waals surface area contributed by atoms with Gasteiger partial charge in [-0.25, -0.2) is 0 Å². The van der Waals surface area contributed by atoms with Gasteiger partial charge in [0.1, 0.15) is 11.5 Å². The highest BCUT2D eigenvalue weighted by Crippen LogP contribution is 2.56. The molecule has 4 aliphatic carbocycles. The molecule has 0 heterocycles. The molecule has 2 bridgehead atoms. The van der Waals surface area contributed by atoms with E-state index in [1.54, 1.807) is 0 Å². The molecule has 3 saturated carbocycles. The molecule has 3 heteroatoms. The quantitative estimate of drug-likeness (QED) is 0.860. The Morgan fingerprint density at radius 3 is 2.26 bits per heavy atom. The number of carbonyl (C=O) groups excluding carboxylic acids is 2. The normalized spacial score (nSPS) is 32.7. The lowest BCUT2D eigenvalue weighted by atomic mass is 9.58. The fraction of sp³-hybridized carbons (Fsp3) is 0.500. The molecular weight excluding hydrogens is 288 g/mol. The van der Waals surface area contributed by atoms with Gasteiger partial charge in [0.25, 0.3) is 0 Å². The van der Waals surface area contributed by atoms with Crippen LogP contribution in [0.25, 0.3) is 5.57 Å². The predicted molar refractivity (Wildman–Crippen MR) is 88.0 cm³/mol. The molecule has 0 amide bonds. The standard InChI is InChI=1S/C20H22O3/c1-9-6-10(2)15(11(3)7-9)18-19(22)16-12-4-5-13(14(21)8-12)17(16)20(18)23/h6-7,12-13,16-17,23H,4-5,8H2,1-3H3/t12-,13+,16+,17-/m1/s1. The van der Waals surface area contributed by atoms with E-state index >= 15 is 0 Å². The second-order valence-electron chi connectivity index (χ2n) is 7.56. The van der Waals surface area contributed by atoms with E-state index in [1.807, 2.05) is 20.8 Å². The molecule has 3 fully saturated rings. The van der Waals surface area contributed by atoms with Crippen LogP contribution in [0.5, 0.6) is 0 Å². The predicted octanol–water partition coefficient (Wildman–Crippen LogP) is 3.70. The number of fused-ring (bicyclic) bond motifs is 2. The number of carbonyl (C=O) groups is 2. The van der Waals surface area contributed by atoms with Gasteiger partial charge >= 0.3 is 0 Å². The number of aliphatic hydroxyl groups is 1. The number of hydrogen-bond donors (Lipinski definition) is 1. The molecule has 1 N–H and O–H groups in total. The number of aliphatic hydroxyl groups excluding tert-OH is 1. The van der Waals surface area contributed by atoms with Crippen LogP contribution in [0, 0.1) is 44.4 Å². The van der Waals surface area contributed by atoms with Crippen LogP contribution in [-0.2, 0) is 9.59 Å². The SMILES string of the molecule is Cc1cc(C)c(C2=C(O)[C@H]3[C@@H](C2=O)[C@@H]2CC[C@H]3C(=O)C2)c(C)c1. The number of ketones is 2. The van der Waals surface area contributed by atoms with Crippen LogP contribution in [0.4, 0.5) is 0 Å². The Labute approximate surface area is 136 Å². The molecule has 4 atom stereocenters. The van der Waals surface area contributed by atoms with E-state index < -0.39 is 0 Å². The van der Waals surface area contributed by atoms with E-state index in [9.17, 15) is 14.7 Å². The zero-order valence-electron chi connectivity index (χ0n) is 13.8. The third kappa shape index (κ3) is 1.89. The third-order valence-corrected chi connectivity index (χ3v) is 6.10. The van der Waals surface area contributed by atoms with Crippen LogP contribution in [0.2, 0.25) is 0 Å². The maximum absolute atomic E-state index is 13.1. The van der Waals surface area contributed by atoms with Gasteiger partial charge < -0.3 is 5.11 Å². The van der Waals surface area contributed by atoms with Crippen molar-refractivity contribution in [1.29, 1.82) is 0 Å². The zero-order chi connectivity index (χ0) is 16.5. The van der Waals surface area contributed by atoms with Gasteiger partial charge in [0.2, 0.25) is 0 Å². The summed E-state index contributed by atoms with van der Waals surface area (Å²) in [5.74, 6) is -0.00427. The van der Waals surface area contributed by atoms with E-state index in [2.05, 4.69) is 12.1 Å². The minimum Gasteiger partial charge on any atom is -0.511 e. The van der Waals surface area contributed by atoms with Gasteiger partial charge in [-0.2, -0.15) is 0 Å². The van der Waals surface area contributed by atoms with Crippen molar-refractivity contribution in [3.05, 3.63) is 40.1 Å². The van der Waals surface area contributed by atoms with Crippen molar-refractivity contribution in [2.45, 2.75) is 40.0 Å². The van der Waals surface area contributed by atoms with Gasteiger partial charge in [-0.05, 0) is 56.2 Å². The summed E-state index contributed by atoms with van der Waals surface area (Å²) >= 11 is 0. The van der Waals surface area contributed by atoms with E-state index in [-0.39, 0.29) is 41.0 Å². The molecule has 4 aliphatic rings. The smallest absolute Gasteiger partial charge is 0.170 e. The Morgan fingerprint density at radius 2 is 1.65 bits per heavy atom. The van der Waals surface area contributed by atoms with Crippen molar-refractivity contribution < 1.29 is 14.7 Å². The van der Waals surface area contributed by atoms with Crippen LogP contribution in [0.1, 0.15) is 41.5 Å². The molecule has 0 spiro atoms. The van der Waals surface area contributed by atoms with Crippen molar-refractivity contribution in [1.82, 2.24) is 0 Å². The number of Topliss-reactive ketones (excluding diaryl/α,β-unsaturated/α-hetero) is 2. The fourth-order valence-corrected chi connectivity index (χ4v) is 5.32. The average molecular weight is 310 g/mol. The highest BCUT2D eigenvalue weighted by Gasteiger charge is 2.57. The first-order valence-corrected chi connectivity index (χ1v) is 8.48. The van der Waals surface area contributed by atoms with Gasteiger partial charge in [0.05, 0.1) is 5.57 Å². The summed E-state index contributed by atoms with van der Waals surface area (Å²) in [6.07, 6.45) is 2.28. The molecule has 0 radical (unpaired) electrons. The topological polar surface area (TPSA) is 54.4 Å². The Bertz CT molecular complexity index is 748. The summed E-state index contributed by atoms with van der Waals surface area (Å²) in [7, 11) is 0. The van der Waals surface area contributed by atoms with Gasteiger partial charge in [0.15, 0.2) is 5.78 Å². The molecule has 23 heavy (non-hydrogen) atoms. The van der Waals surface area contributed by atoms with Crippen molar-refractivity contribution in [3.63, 3.8) is 0 Å². The maximum Gasteiger partial charge on any atom is 0.170 e. The first kappa shape index (κ1) is 14.7. The lowest BCUT2D eigenvalue weighted by Gasteiger charge is -2.43. The minimum atomic E-state index is -0.266. The van der Waals surface area contributed by atoms with Crippen LogP contribution in [-0.4, -0.2) is 16.7 Å². The summed E-state index contributed by atoms with van der Waals surface area (Å²) in [5, 5.41) is 10.9. The van der Waals surface area contributed by atoms with E-state index in [0.717, 1.165) is 35.1 Å². The molecule has 1 aromatic rings. The Balaban J connectivity index is 1.89. The summed E-state index contributed by atoms with van der Waals surface area (Å²) in [5.41, 5.74) is 4.56. The average Bonchev–Trinajstić information content (AvgIpc) is 2.74. The van der Waals surface area contributed by atoms with Crippen LogP contribution < -0.4 is 0 Å². The van der Waals surface area contributed by atoms with E-state index in [1.165, 1.54) is 0 Å². The molecule has 5 rings (SSSR count). The Hall–Kier alpha value is -1.90. The van der Waals surface area contributed by atoms with Crippen LogP contribution in [0.3, 0.4) is 0 Å². The van der Waals surface area contributed by atoms with Crippen molar-refractivity contribution in [2.24, 2.45) is 23.7 Å². The van der Waals surface area contributed by atoms with Gasteiger partial charge in [-0.15, -0.1) is 0 Å². The zero-order valence-corrected chi connectivity index (χ0v) is 13.8. The summed E-state index contributed by atoms with van der Waals surface area (Å²) < 4.78 is 0. The fourth-order valence-electron chi connectivity index (χ4n) is 5.32. The first-order valence-electron chi connectivity index (χ1n) is 8.48. The summed E-state index contributed by atoms with van der Waals surface area (Å²) in [4.78, 5) is 25.3. The largest absolute Gasteiger partial charge is 0.511 e. The van der Waals surface area contributed by atoms with E-state index in [4.69, 9.17) is 0 Å². The second-order valence-corrected chi connectivity index (χ2v) is 7.56. The van der Waals surface area contributed by atoms with Gasteiger partial charge in [0, 0.05) is 24.2 Å². The molecule has 0 aliphatic heterocycles. The highest BCUT2D eigenvalue weighted by atomic mass is 16.3. The third-order valence-electron chi connectivity index (χ3n) is 6.10. The van der Waals surface area contributed by atoms with Crippen LogP contribution in [0.15, 0.2) is 17.9 Å². The lowest BCUT2D eigenvalue weighted by molar-refractivity contribution is -0.139. The monoisotopic (exact) mass is 310 g/mol. The first-order chi connectivity index (χ1) is 10.9. The van der Waals surface area contributed by atoms with Gasteiger partial charge in [-0.3, -0.25) is 9.59 Å². The van der Waals surface area contributed by atoms with Gasteiger partial charge in [-0.1, -0.05) is 17.7 Å². The molecule has 1 aromatic carbocycles. The molecule has 120 valence electrons. The maximum atomic E-state index is 13.1.